The van der Waals surface area contributed by atoms with E-state index in [9.17, 15) is 19.8 Å². The van der Waals surface area contributed by atoms with Crippen LogP contribution < -0.4 is 5.73 Å². The summed E-state index contributed by atoms with van der Waals surface area (Å²) in [7, 11) is 0. The van der Waals surface area contributed by atoms with E-state index in [2.05, 4.69) is 0 Å². The largest absolute Gasteiger partial charge is 0.397 e. The Morgan fingerprint density at radius 1 is 0.808 bits per heavy atom. The van der Waals surface area contributed by atoms with E-state index in [1.165, 1.54) is 0 Å². The van der Waals surface area contributed by atoms with Gasteiger partial charge in [-0.15, -0.1) is 0 Å². The van der Waals surface area contributed by atoms with Crippen molar-refractivity contribution < 1.29 is 30.0 Å². The van der Waals surface area contributed by atoms with Gasteiger partial charge in [0.25, 0.3) is 0 Å². The van der Waals surface area contributed by atoms with E-state index in [-0.39, 0.29) is 37.2 Å². The number of aliphatic hydroxyl groups excluding tert-OH is 4. The first kappa shape index (κ1) is 24.4. The van der Waals surface area contributed by atoms with Crippen LogP contribution in [0.3, 0.4) is 0 Å². The number of aliphatic hydroxyl groups is 4. The molecule has 0 aromatic heterocycles. The number of nitrogen functional groups attached to an aromatic ring is 1. The summed E-state index contributed by atoms with van der Waals surface area (Å²) in [6.45, 7) is -0.847. The lowest BCUT2D eigenvalue weighted by molar-refractivity contribution is 0.0776. The van der Waals surface area contributed by atoms with E-state index in [0.717, 1.165) is 0 Å². The molecule has 0 spiro atoms. The third kappa shape index (κ3) is 6.20. The van der Waals surface area contributed by atoms with Crippen LogP contribution in [0.25, 0.3) is 0 Å². The van der Waals surface area contributed by atoms with Crippen molar-refractivity contribution in [3.8, 4) is 0 Å². The number of hydrogen-bond acceptors (Lipinski definition) is 7. The van der Waals surface area contributed by atoms with Gasteiger partial charge in [-0.1, -0.05) is 0 Å². The van der Waals surface area contributed by atoms with Gasteiger partial charge in [0.1, 0.15) is 0 Å². The SMILES string of the molecule is Nc1c(I)c(C(=O)CCC(O)CO)c(I)c(C(=O)CCC(O)CO)c1I. The van der Waals surface area contributed by atoms with Crippen molar-refractivity contribution >= 4 is 85.0 Å². The lowest BCUT2D eigenvalue weighted by atomic mass is 9.97. The second-order valence-electron chi connectivity index (χ2n) is 5.70. The van der Waals surface area contributed by atoms with E-state index in [0.29, 0.717) is 27.5 Å². The van der Waals surface area contributed by atoms with Crippen LogP contribution in [0, 0.1) is 10.7 Å². The van der Waals surface area contributed by atoms with Gasteiger partial charge in [-0.05, 0) is 80.6 Å². The first-order valence-corrected chi connectivity index (χ1v) is 11.0. The zero-order chi connectivity index (χ0) is 20.0. The minimum absolute atomic E-state index is 0.0185. The van der Waals surface area contributed by atoms with Gasteiger partial charge in [-0.25, -0.2) is 0 Å². The molecule has 0 bridgehead atoms. The topological polar surface area (TPSA) is 141 Å². The van der Waals surface area contributed by atoms with Crippen LogP contribution in [0.5, 0.6) is 0 Å². The normalized spacial score (nSPS) is 13.5. The molecule has 146 valence electrons. The Balaban J connectivity index is 3.22. The molecule has 1 aromatic carbocycles. The molecule has 10 heteroatoms. The fourth-order valence-corrected chi connectivity index (χ4v) is 6.57. The van der Waals surface area contributed by atoms with Crippen molar-refractivity contribution in [3.63, 3.8) is 0 Å². The number of rotatable bonds is 10. The first-order chi connectivity index (χ1) is 12.1. The maximum absolute atomic E-state index is 12.6. The molecule has 7 nitrogen and oxygen atoms in total. The van der Waals surface area contributed by atoms with Crippen molar-refractivity contribution in [3.05, 3.63) is 21.8 Å². The number of hydrogen-bond donors (Lipinski definition) is 5. The second-order valence-corrected chi connectivity index (χ2v) is 8.94. The van der Waals surface area contributed by atoms with Gasteiger partial charge in [0.05, 0.1) is 31.1 Å². The van der Waals surface area contributed by atoms with Gasteiger partial charge in [0.2, 0.25) is 0 Å². The minimum atomic E-state index is -0.975. The maximum Gasteiger partial charge on any atom is 0.165 e. The van der Waals surface area contributed by atoms with Gasteiger partial charge < -0.3 is 26.2 Å². The Morgan fingerprint density at radius 3 is 1.46 bits per heavy atom. The van der Waals surface area contributed by atoms with Crippen LogP contribution >= 0.6 is 67.8 Å². The van der Waals surface area contributed by atoms with Crippen LogP contribution in [0.2, 0.25) is 0 Å². The summed E-state index contributed by atoms with van der Waals surface area (Å²) in [5.41, 5.74) is 7.09. The summed E-state index contributed by atoms with van der Waals surface area (Å²) in [5, 5.41) is 36.7. The predicted octanol–water partition coefficient (Wildman–Crippen LogP) is 1.71. The van der Waals surface area contributed by atoms with E-state index in [1.807, 2.05) is 67.8 Å². The highest BCUT2D eigenvalue weighted by molar-refractivity contribution is 14.1. The summed E-state index contributed by atoms with van der Waals surface area (Å²) >= 11 is 5.87. The Morgan fingerprint density at radius 2 is 1.15 bits per heavy atom. The number of carbonyl (C=O) groups is 2. The molecule has 0 fully saturated rings. The first-order valence-electron chi connectivity index (χ1n) is 7.75. The molecule has 0 aliphatic heterocycles. The average molecular weight is 703 g/mol. The Kier molecular flexibility index (Phi) is 10.7. The van der Waals surface area contributed by atoms with Gasteiger partial charge in [0.15, 0.2) is 11.6 Å². The lowest BCUT2D eigenvalue weighted by Gasteiger charge is -2.17. The number of anilines is 1. The summed E-state index contributed by atoms with van der Waals surface area (Å²) in [5.74, 6) is -0.530. The van der Waals surface area contributed by atoms with Crippen LogP contribution in [0.4, 0.5) is 5.69 Å². The zero-order valence-corrected chi connectivity index (χ0v) is 20.2. The van der Waals surface area contributed by atoms with Gasteiger partial charge >= 0.3 is 0 Å². The molecule has 0 amide bonds. The molecule has 2 unspecified atom stereocenters. The maximum atomic E-state index is 12.6. The van der Waals surface area contributed by atoms with Crippen LogP contribution in [0.1, 0.15) is 46.4 Å². The molecule has 6 N–H and O–H groups in total. The van der Waals surface area contributed by atoms with E-state index in [1.54, 1.807) is 0 Å². The number of halogens is 3. The van der Waals surface area contributed by atoms with Gasteiger partial charge in [-0.3, -0.25) is 9.59 Å². The summed E-state index contributed by atoms with van der Waals surface area (Å²) in [6.07, 6.45) is -1.69. The third-order valence-electron chi connectivity index (χ3n) is 3.74. The van der Waals surface area contributed by atoms with Crippen molar-refractivity contribution in [1.29, 1.82) is 0 Å². The standard InChI is InChI=1S/C16H20I3NO6/c17-13-11(9(25)3-1-7(23)5-21)14(18)16(20)15(19)12(13)10(26)4-2-8(24)6-22/h7-8,21-24H,1-6,20H2. The fourth-order valence-electron chi connectivity index (χ4n) is 2.20. The molecule has 0 saturated heterocycles. The van der Waals surface area contributed by atoms with Crippen LogP contribution in [0.15, 0.2) is 0 Å². The molecule has 0 heterocycles. The van der Waals surface area contributed by atoms with E-state index in [4.69, 9.17) is 15.9 Å². The molecular weight excluding hydrogens is 683 g/mol. The molecular formula is C16H20I3NO6. The number of Topliss-reactive ketones (excluding diaryl/α,β-unsaturated/α-hetero) is 2. The predicted molar refractivity (Wildman–Crippen MR) is 122 cm³/mol. The molecule has 1 aromatic rings. The molecule has 0 aliphatic rings. The van der Waals surface area contributed by atoms with Crippen molar-refractivity contribution in [2.45, 2.75) is 37.9 Å². The third-order valence-corrected chi connectivity index (χ3v) is 7.06. The van der Waals surface area contributed by atoms with Crippen LogP contribution in [-0.2, 0) is 0 Å². The minimum Gasteiger partial charge on any atom is -0.397 e. The summed E-state index contributed by atoms with van der Waals surface area (Å²) in [6, 6.07) is 0. The Labute approximate surface area is 192 Å². The number of benzene rings is 1. The molecule has 0 radical (unpaired) electrons. The lowest BCUT2D eigenvalue weighted by Crippen LogP contribution is -2.19. The summed E-state index contributed by atoms with van der Waals surface area (Å²) < 4.78 is 1.58. The smallest absolute Gasteiger partial charge is 0.165 e. The van der Waals surface area contributed by atoms with Gasteiger partial charge in [0, 0.05) is 34.7 Å². The zero-order valence-electron chi connectivity index (χ0n) is 13.7. The molecule has 0 aliphatic carbocycles. The quantitative estimate of drug-likeness (QED) is 0.142. The van der Waals surface area contributed by atoms with Crippen molar-refractivity contribution in [2.75, 3.05) is 18.9 Å². The highest BCUT2D eigenvalue weighted by Crippen LogP contribution is 2.35. The Hall–Kier alpha value is 0.390. The van der Waals surface area contributed by atoms with Gasteiger partial charge in [-0.2, -0.15) is 0 Å². The van der Waals surface area contributed by atoms with Crippen LogP contribution in [-0.4, -0.2) is 57.4 Å². The monoisotopic (exact) mass is 703 g/mol. The fraction of sp³-hybridized carbons (Fsp3) is 0.500. The second kappa shape index (κ2) is 11.4. The van der Waals surface area contributed by atoms with Crippen molar-refractivity contribution in [1.82, 2.24) is 0 Å². The molecule has 1 rings (SSSR count). The van der Waals surface area contributed by atoms with E-state index >= 15 is 0 Å². The Bertz CT molecular complexity index is 629. The van der Waals surface area contributed by atoms with Crippen molar-refractivity contribution in [2.24, 2.45) is 0 Å². The number of carbonyl (C=O) groups excluding carboxylic acids is 2. The highest BCUT2D eigenvalue weighted by atomic mass is 127. The number of ketones is 2. The number of nitrogens with two attached hydrogens (primary N) is 1. The molecule has 26 heavy (non-hydrogen) atoms. The molecule has 0 saturated carbocycles. The van der Waals surface area contributed by atoms with E-state index < -0.39 is 25.4 Å². The molecule has 2 atom stereocenters. The summed E-state index contributed by atoms with van der Waals surface area (Å²) in [4.78, 5) is 25.2. The highest BCUT2D eigenvalue weighted by Gasteiger charge is 2.26. The average Bonchev–Trinajstić information content (AvgIpc) is 2.62.